The van der Waals surface area contributed by atoms with Crippen molar-refractivity contribution in [2.75, 3.05) is 19.7 Å². The van der Waals surface area contributed by atoms with E-state index in [4.69, 9.17) is 0 Å². The smallest absolute Gasteiger partial charge is 0.247 e. The molecule has 0 saturated carbocycles. The number of rotatable bonds is 14. The molecule has 3 fully saturated rings. The van der Waals surface area contributed by atoms with Gasteiger partial charge in [0.15, 0.2) is 0 Å². The minimum atomic E-state index is -0.815. The first-order valence-corrected chi connectivity index (χ1v) is 18.2. The number of aliphatic hydroxyl groups excluding tert-OH is 1. The second-order valence-electron chi connectivity index (χ2n) is 15.6. The summed E-state index contributed by atoms with van der Waals surface area (Å²) in [7, 11) is 0. The van der Waals surface area contributed by atoms with Crippen molar-refractivity contribution in [3.8, 4) is 0 Å². The predicted molar refractivity (Wildman–Crippen MR) is 194 cm³/mol. The number of likely N-dealkylation sites (tertiary alicyclic amines) is 1. The van der Waals surface area contributed by atoms with Crippen LogP contribution in [0.25, 0.3) is 0 Å². The van der Waals surface area contributed by atoms with Gasteiger partial charge in [0, 0.05) is 30.4 Å². The average Bonchev–Trinajstić information content (AvgIpc) is 3.69. The first-order chi connectivity index (χ1) is 22.8. The third kappa shape index (κ3) is 6.88. The summed E-state index contributed by atoms with van der Waals surface area (Å²) < 4.78 is -0.771. The molecule has 6 atom stereocenters. The van der Waals surface area contributed by atoms with E-state index in [2.05, 4.69) is 47.8 Å². The Bertz CT molecular complexity index is 1490. The molecule has 2 unspecified atom stereocenters. The second-order valence-corrected chi connectivity index (χ2v) is 17.2. The predicted octanol–water partition coefficient (Wildman–Crippen LogP) is 6.13. The molecule has 2 aromatic rings. The largest absolute Gasteiger partial charge is 0.394 e. The Kier molecular flexibility index (Phi) is 10.7. The maximum atomic E-state index is 15.3. The fraction of sp³-hybridized carbons (Fsp3) is 0.525. The molecule has 3 heterocycles. The molecule has 7 nitrogen and oxygen atoms in total. The van der Waals surface area contributed by atoms with E-state index in [0.29, 0.717) is 32.5 Å². The van der Waals surface area contributed by atoms with E-state index in [1.54, 1.807) is 33.7 Å². The van der Waals surface area contributed by atoms with Crippen LogP contribution in [0.15, 0.2) is 86.0 Å². The van der Waals surface area contributed by atoms with Crippen molar-refractivity contribution in [3.63, 3.8) is 0 Å². The third-order valence-electron chi connectivity index (χ3n) is 10.3. The fourth-order valence-corrected chi connectivity index (χ4v) is 11.1. The van der Waals surface area contributed by atoms with E-state index in [-0.39, 0.29) is 35.0 Å². The van der Waals surface area contributed by atoms with Crippen LogP contribution in [0.4, 0.5) is 0 Å². The summed E-state index contributed by atoms with van der Waals surface area (Å²) >= 11 is 1.67. The minimum absolute atomic E-state index is 0.0540. The van der Waals surface area contributed by atoms with Crippen molar-refractivity contribution in [1.82, 2.24) is 14.7 Å². The molecule has 3 aliphatic rings. The normalized spacial score (nSPS) is 25.5. The Hall–Kier alpha value is -3.36. The summed E-state index contributed by atoms with van der Waals surface area (Å²) in [6, 6.07) is 18.2. The molecule has 3 amide bonds. The lowest BCUT2D eigenvalue weighted by molar-refractivity contribution is -0.149. The third-order valence-corrected chi connectivity index (χ3v) is 12.3. The van der Waals surface area contributed by atoms with Gasteiger partial charge in [-0.25, -0.2) is 0 Å². The highest BCUT2D eigenvalue weighted by Gasteiger charge is 2.75. The van der Waals surface area contributed by atoms with Crippen LogP contribution < -0.4 is 0 Å². The summed E-state index contributed by atoms with van der Waals surface area (Å²) in [5, 5.41) is 10.9. The van der Waals surface area contributed by atoms with Crippen molar-refractivity contribution in [1.29, 1.82) is 0 Å². The second kappa shape index (κ2) is 14.2. The van der Waals surface area contributed by atoms with E-state index < -0.39 is 34.2 Å². The van der Waals surface area contributed by atoms with Gasteiger partial charge in [0.05, 0.1) is 29.2 Å². The van der Waals surface area contributed by atoms with Gasteiger partial charge in [-0.1, -0.05) is 93.6 Å². The number of benzene rings is 2. The Labute approximate surface area is 291 Å². The maximum Gasteiger partial charge on any atom is 0.247 e. The first-order valence-electron chi connectivity index (χ1n) is 17.3. The molecule has 8 heteroatoms. The Morgan fingerprint density at radius 3 is 2.15 bits per heavy atom. The highest BCUT2D eigenvalue weighted by Crippen LogP contribution is 2.67. The number of amides is 3. The average molecular weight is 672 g/mol. The van der Waals surface area contributed by atoms with Gasteiger partial charge in [-0.3, -0.25) is 14.4 Å². The zero-order chi connectivity index (χ0) is 34.9. The van der Waals surface area contributed by atoms with E-state index in [0.717, 1.165) is 24.0 Å². The van der Waals surface area contributed by atoms with Crippen LogP contribution in [0, 0.1) is 17.3 Å². The monoisotopic (exact) mass is 671 g/mol. The lowest BCUT2D eigenvalue weighted by atomic mass is 9.70. The molecule has 258 valence electrons. The van der Waals surface area contributed by atoms with E-state index in [9.17, 15) is 9.90 Å². The van der Waals surface area contributed by atoms with E-state index in [1.807, 2.05) is 65.6 Å². The van der Waals surface area contributed by atoms with Crippen molar-refractivity contribution in [3.05, 3.63) is 97.1 Å². The molecule has 0 radical (unpaired) electrons. The van der Waals surface area contributed by atoms with E-state index in [1.165, 1.54) is 0 Å². The van der Waals surface area contributed by atoms with Crippen LogP contribution in [0.3, 0.4) is 0 Å². The number of nitrogens with zero attached hydrogens (tertiary/aromatic N) is 3. The molecule has 2 aromatic carbocycles. The topological polar surface area (TPSA) is 81.2 Å². The van der Waals surface area contributed by atoms with Crippen LogP contribution in [-0.4, -0.2) is 84.8 Å². The van der Waals surface area contributed by atoms with Gasteiger partial charge in [-0.15, -0.1) is 24.9 Å². The van der Waals surface area contributed by atoms with Crippen LogP contribution in [0.2, 0.25) is 0 Å². The Morgan fingerprint density at radius 1 is 0.979 bits per heavy atom. The molecule has 3 saturated heterocycles. The molecule has 48 heavy (non-hydrogen) atoms. The molecular formula is C40H53N3O4S. The van der Waals surface area contributed by atoms with E-state index >= 15 is 9.59 Å². The molecule has 5 rings (SSSR count). The number of aliphatic hydroxyl groups is 1. The molecule has 3 aliphatic heterocycles. The van der Waals surface area contributed by atoms with Crippen molar-refractivity contribution in [2.45, 2.75) is 94.5 Å². The van der Waals surface area contributed by atoms with Crippen molar-refractivity contribution < 1.29 is 19.5 Å². The molecule has 0 aromatic heterocycles. The van der Waals surface area contributed by atoms with Crippen LogP contribution in [-0.2, 0) is 27.3 Å². The Balaban J connectivity index is 1.59. The maximum absolute atomic E-state index is 15.3. The summed E-state index contributed by atoms with van der Waals surface area (Å²) in [5.74, 6) is -1.61. The summed E-state index contributed by atoms with van der Waals surface area (Å²) in [4.78, 5) is 50.3. The lowest BCUT2D eigenvalue weighted by Gasteiger charge is -2.46. The van der Waals surface area contributed by atoms with Gasteiger partial charge < -0.3 is 19.8 Å². The van der Waals surface area contributed by atoms with Crippen LogP contribution >= 0.6 is 11.8 Å². The molecule has 0 aliphatic carbocycles. The highest BCUT2D eigenvalue weighted by atomic mass is 32.2. The van der Waals surface area contributed by atoms with Crippen molar-refractivity contribution >= 4 is 29.5 Å². The number of hydrogen-bond acceptors (Lipinski definition) is 5. The van der Waals surface area contributed by atoms with Crippen molar-refractivity contribution in [2.24, 2.45) is 17.3 Å². The number of carbonyl (C=O) groups is 3. The zero-order valence-electron chi connectivity index (χ0n) is 29.3. The van der Waals surface area contributed by atoms with Gasteiger partial charge in [0.1, 0.15) is 6.04 Å². The van der Waals surface area contributed by atoms with Crippen LogP contribution in [0.1, 0.15) is 65.0 Å². The highest BCUT2D eigenvalue weighted by molar-refractivity contribution is 8.02. The lowest BCUT2D eigenvalue weighted by Crippen LogP contribution is -2.61. The van der Waals surface area contributed by atoms with Gasteiger partial charge >= 0.3 is 0 Å². The SMILES string of the molecule is C=CCN(Cc1ccccc1)C(=O)[C@@H]1[C@@H]2CCC3(S2)C(C(=O)N(CC=C)C(C)(C)CC(C)(C)C)N([C@@H](CO)Cc2ccccc2)C(=O)[C@H]13. The zero-order valence-corrected chi connectivity index (χ0v) is 30.1. The van der Waals surface area contributed by atoms with Gasteiger partial charge in [-0.05, 0) is 56.1 Å². The molecule has 1 spiro atoms. The number of fused-ring (bicyclic) bond motifs is 1. The summed E-state index contributed by atoms with van der Waals surface area (Å²) in [6.45, 7) is 19.4. The molecule has 1 N–H and O–H groups in total. The van der Waals surface area contributed by atoms with Gasteiger partial charge in [0.2, 0.25) is 17.7 Å². The van der Waals surface area contributed by atoms with Crippen LogP contribution in [0.5, 0.6) is 0 Å². The van der Waals surface area contributed by atoms with Gasteiger partial charge in [-0.2, -0.15) is 0 Å². The number of thioether (sulfide) groups is 1. The Morgan fingerprint density at radius 2 is 1.58 bits per heavy atom. The first kappa shape index (κ1) is 35.9. The summed E-state index contributed by atoms with van der Waals surface area (Å²) in [5.41, 5.74) is 1.40. The van der Waals surface area contributed by atoms with Gasteiger partial charge in [0.25, 0.3) is 0 Å². The summed E-state index contributed by atoms with van der Waals surface area (Å²) in [6.07, 6.45) is 6.07. The molecule has 2 bridgehead atoms. The fourth-order valence-electron chi connectivity index (χ4n) is 8.89. The quantitative estimate of drug-likeness (QED) is 0.245. The minimum Gasteiger partial charge on any atom is -0.394 e. The standard InChI is InChI=1S/C40H53N3O4S/c1-8-22-41(25-29-18-14-11-15-19-29)35(45)32-31-20-21-40(48-31)33(32)36(46)43(30(26-44)24-28-16-12-10-13-17-28)34(40)37(47)42(23-9-2)39(6,7)27-38(3,4)5/h8-19,30-34,44H,1-2,20-27H2,3-7H3/t30-,31+,32-,33+,34?,40?/m1/s1. The molecular weight excluding hydrogens is 619 g/mol. The number of carbonyl (C=O) groups excluding carboxylic acids is 3. The number of hydrogen-bond donors (Lipinski definition) is 1.